The largest absolute Gasteiger partial charge is 0.339 e. The minimum Gasteiger partial charge on any atom is -0.339 e. The third kappa shape index (κ3) is 2.90. The summed E-state index contributed by atoms with van der Waals surface area (Å²) in [6, 6.07) is 5.94. The minimum atomic E-state index is 0.161. The molecule has 1 heterocycles. The number of aryl methyl sites for hydroxylation is 3. The Morgan fingerprint density at radius 3 is 2.53 bits per heavy atom. The van der Waals surface area contributed by atoms with Gasteiger partial charge in [0.2, 0.25) is 0 Å². The first-order chi connectivity index (χ1) is 9.01. The van der Waals surface area contributed by atoms with Gasteiger partial charge in [-0.3, -0.25) is 4.79 Å². The quantitative estimate of drug-likeness (QED) is 0.687. The predicted octanol–water partition coefficient (Wildman–Crippen LogP) is 3.61. The normalized spacial score (nSPS) is 10.3. The van der Waals surface area contributed by atoms with Gasteiger partial charge in [-0.25, -0.2) is 9.97 Å². The van der Waals surface area contributed by atoms with E-state index in [-0.39, 0.29) is 10.7 Å². The Morgan fingerprint density at radius 1 is 1.16 bits per heavy atom. The molecule has 0 saturated carbocycles. The molecule has 5 heteroatoms. The van der Waals surface area contributed by atoms with E-state index in [1.165, 1.54) is 5.56 Å². The van der Waals surface area contributed by atoms with Gasteiger partial charge in [0.15, 0.2) is 6.29 Å². The molecule has 0 amide bonds. The second-order valence-corrected chi connectivity index (χ2v) is 4.72. The molecular weight excluding hydrogens is 262 g/mol. The van der Waals surface area contributed by atoms with Crippen molar-refractivity contribution in [3.05, 3.63) is 45.9 Å². The summed E-state index contributed by atoms with van der Waals surface area (Å²) in [5.74, 6) is 0.942. The molecule has 0 radical (unpaired) electrons. The Balaban J connectivity index is 2.42. The van der Waals surface area contributed by atoms with Crippen molar-refractivity contribution in [1.82, 2.24) is 9.97 Å². The average Bonchev–Trinajstić information content (AvgIpc) is 2.33. The van der Waals surface area contributed by atoms with Gasteiger partial charge in [0.1, 0.15) is 16.8 Å². The molecule has 0 atom stereocenters. The monoisotopic (exact) mass is 275 g/mol. The molecule has 1 aromatic heterocycles. The summed E-state index contributed by atoms with van der Waals surface area (Å²) in [6.07, 6.45) is 0.658. The molecule has 0 bridgehead atoms. The van der Waals surface area contributed by atoms with E-state index in [2.05, 4.69) is 15.3 Å². The molecule has 0 aliphatic heterocycles. The van der Waals surface area contributed by atoms with Gasteiger partial charge >= 0.3 is 0 Å². The lowest BCUT2D eigenvalue weighted by molar-refractivity contribution is 0.112. The molecule has 2 rings (SSSR count). The fourth-order valence-corrected chi connectivity index (χ4v) is 1.96. The summed E-state index contributed by atoms with van der Waals surface area (Å²) in [7, 11) is 0. The van der Waals surface area contributed by atoms with Crippen LogP contribution in [0.5, 0.6) is 0 Å². The number of benzene rings is 1. The number of aromatic nitrogens is 2. The maximum Gasteiger partial charge on any atom is 0.156 e. The van der Waals surface area contributed by atoms with Gasteiger partial charge in [-0.1, -0.05) is 17.7 Å². The second kappa shape index (κ2) is 5.36. The molecule has 0 saturated heterocycles. The van der Waals surface area contributed by atoms with Crippen molar-refractivity contribution in [2.45, 2.75) is 20.8 Å². The fourth-order valence-electron chi connectivity index (χ4n) is 1.70. The topological polar surface area (TPSA) is 54.9 Å². The smallest absolute Gasteiger partial charge is 0.156 e. The number of halogens is 1. The van der Waals surface area contributed by atoms with E-state index in [1.54, 1.807) is 6.92 Å². The first kappa shape index (κ1) is 13.5. The van der Waals surface area contributed by atoms with Gasteiger partial charge in [-0.05, 0) is 44.0 Å². The zero-order valence-corrected chi connectivity index (χ0v) is 11.7. The van der Waals surface area contributed by atoms with Crippen LogP contribution in [0.3, 0.4) is 0 Å². The van der Waals surface area contributed by atoms with Crippen LogP contribution >= 0.6 is 11.6 Å². The Kier molecular flexibility index (Phi) is 3.81. The van der Waals surface area contributed by atoms with Gasteiger partial charge in [0.25, 0.3) is 0 Å². The van der Waals surface area contributed by atoms with Crippen LogP contribution < -0.4 is 5.32 Å². The molecular formula is C14H14ClN3O. The molecule has 0 spiro atoms. The Morgan fingerprint density at radius 2 is 1.89 bits per heavy atom. The first-order valence-electron chi connectivity index (χ1n) is 5.85. The van der Waals surface area contributed by atoms with E-state index >= 15 is 0 Å². The fraction of sp³-hybridized carbons (Fsp3) is 0.214. The van der Waals surface area contributed by atoms with E-state index < -0.39 is 0 Å². The summed E-state index contributed by atoms with van der Waals surface area (Å²) in [5, 5.41) is 3.27. The van der Waals surface area contributed by atoms with E-state index in [0.29, 0.717) is 17.9 Å². The highest BCUT2D eigenvalue weighted by Crippen LogP contribution is 2.24. The molecule has 1 N–H and O–H groups in total. The lowest BCUT2D eigenvalue weighted by Gasteiger charge is -2.11. The van der Waals surface area contributed by atoms with E-state index in [4.69, 9.17) is 11.6 Å². The molecule has 4 nitrogen and oxygen atoms in total. The standard InChI is InChI=1S/C14H14ClN3O/c1-8-4-5-11(6-9(8)2)18-14-12(7-19)13(15)16-10(3)17-14/h4-7H,1-3H3,(H,16,17,18). The van der Waals surface area contributed by atoms with Crippen LogP contribution in [-0.4, -0.2) is 16.3 Å². The van der Waals surface area contributed by atoms with Crippen LogP contribution in [0.15, 0.2) is 18.2 Å². The lowest BCUT2D eigenvalue weighted by Crippen LogP contribution is -2.03. The average molecular weight is 276 g/mol. The number of carbonyl (C=O) groups is 1. The van der Waals surface area contributed by atoms with Gasteiger partial charge < -0.3 is 5.32 Å². The third-order valence-corrected chi connectivity index (χ3v) is 3.19. The molecule has 19 heavy (non-hydrogen) atoms. The number of rotatable bonds is 3. The number of nitrogens with zero attached hydrogens (tertiary/aromatic N) is 2. The van der Waals surface area contributed by atoms with Gasteiger partial charge in [0, 0.05) is 5.69 Å². The van der Waals surface area contributed by atoms with Crippen LogP contribution in [0.4, 0.5) is 11.5 Å². The number of hydrogen-bond donors (Lipinski definition) is 1. The summed E-state index contributed by atoms with van der Waals surface area (Å²) in [5.41, 5.74) is 3.50. The van der Waals surface area contributed by atoms with E-state index in [1.807, 2.05) is 32.0 Å². The lowest BCUT2D eigenvalue weighted by atomic mass is 10.1. The second-order valence-electron chi connectivity index (χ2n) is 4.37. The highest BCUT2D eigenvalue weighted by atomic mass is 35.5. The van der Waals surface area contributed by atoms with E-state index in [9.17, 15) is 4.79 Å². The van der Waals surface area contributed by atoms with Crippen LogP contribution in [0.25, 0.3) is 0 Å². The van der Waals surface area contributed by atoms with Gasteiger partial charge in [-0.15, -0.1) is 0 Å². The maximum atomic E-state index is 11.1. The van der Waals surface area contributed by atoms with E-state index in [0.717, 1.165) is 11.3 Å². The highest BCUT2D eigenvalue weighted by Gasteiger charge is 2.11. The zero-order valence-electron chi connectivity index (χ0n) is 11.0. The minimum absolute atomic E-state index is 0.161. The van der Waals surface area contributed by atoms with Crippen molar-refractivity contribution >= 4 is 29.4 Å². The molecule has 0 aliphatic carbocycles. The van der Waals surface area contributed by atoms with Crippen LogP contribution in [0.1, 0.15) is 27.3 Å². The van der Waals surface area contributed by atoms with Crippen molar-refractivity contribution < 1.29 is 4.79 Å². The third-order valence-electron chi connectivity index (χ3n) is 2.90. The number of nitrogens with one attached hydrogen (secondary N) is 1. The summed E-state index contributed by atoms with van der Waals surface area (Å²) in [4.78, 5) is 19.2. The number of aldehydes is 1. The van der Waals surface area contributed by atoms with Crippen molar-refractivity contribution in [2.75, 3.05) is 5.32 Å². The van der Waals surface area contributed by atoms with Gasteiger partial charge in [-0.2, -0.15) is 0 Å². The summed E-state index contributed by atoms with van der Waals surface area (Å²) in [6.45, 7) is 5.80. The maximum absolute atomic E-state index is 11.1. The van der Waals surface area contributed by atoms with Crippen LogP contribution in [0, 0.1) is 20.8 Å². The molecule has 98 valence electrons. The Hall–Kier alpha value is -1.94. The number of carbonyl (C=O) groups excluding carboxylic acids is 1. The highest BCUT2D eigenvalue weighted by molar-refractivity contribution is 6.32. The Labute approximate surface area is 116 Å². The van der Waals surface area contributed by atoms with Crippen LogP contribution in [0.2, 0.25) is 5.15 Å². The molecule has 0 unspecified atom stereocenters. The van der Waals surface area contributed by atoms with Crippen molar-refractivity contribution in [2.24, 2.45) is 0 Å². The molecule has 2 aromatic rings. The summed E-state index contributed by atoms with van der Waals surface area (Å²) < 4.78 is 0. The number of anilines is 2. The molecule has 1 aromatic carbocycles. The van der Waals surface area contributed by atoms with Crippen molar-refractivity contribution in [1.29, 1.82) is 0 Å². The van der Waals surface area contributed by atoms with Crippen molar-refractivity contribution in [3.8, 4) is 0 Å². The number of hydrogen-bond acceptors (Lipinski definition) is 4. The predicted molar refractivity (Wildman–Crippen MR) is 76.4 cm³/mol. The zero-order chi connectivity index (χ0) is 14.0. The molecule has 0 fully saturated rings. The molecule has 0 aliphatic rings. The van der Waals surface area contributed by atoms with Crippen LogP contribution in [-0.2, 0) is 0 Å². The Bertz CT molecular complexity index is 641. The van der Waals surface area contributed by atoms with Crippen molar-refractivity contribution in [3.63, 3.8) is 0 Å². The summed E-state index contributed by atoms with van der Waals surface area (Å²) >= 11 is 5.94. The SMILES string of the molecule is Cc1nc(Cl)c(C=O)c(Nc2ccc(C)c(C)c2)n1. The van der Waals surface area contributed by atoms with Gasteiger partial charge in [0.05, 0.1) is 5.56 Å². The first-order valence-corrected chi connectivity index (χ1v) is 6.22.